The van der Waals surface area contributed by atoms with Gasteiger partial charge in [-0.15, -0.1) is 0 Å². The van der Waals surface area contributed by atoms with Gasteiger partial charge in [0.15, 0.2) is 0 Å². The molecule has 1 aliphatic heterocycles. The number of likely N-dealkylation sites (tertiary alicyclic amines) is 1. The van der Waals surface area contributed by atoms with Gasteiger partial charge in [-0.05, 0) is 67.1 Å². The fourth-order valence-corrected chi connectivity index (χ4v) is 4.45. The number of aromatic nitrogens is 3. The van der Waals surface area contributed by atoms with Gasteiger partial charge in [-0.1, -0.05) is 0 Å². The smallest absolute Gasteiger partial charge is 0.255 e. The van der Waals surface area contributed by atoms with Crippen molar-refractivity contribution >= 4 is 17.5 Å². The summed E-state index contributed by atoms with van der Waals surface area (Å²) in [4.78, 5) is 31.3. The summed E-state index contributed by atoms with van der Waals surface area (Å²) in [6, 6.07) is 13.1. The van der Waals surface area contributed by atoms with E-state index in [1.54, 1.807) is 35.4 Å². The molecule has 1 N–H and O–H groups in total. The summed E-state index contributed by atoms with van der Waals surface area (Å²) in [6.07, 6.45) is 9.53. The highest BCUT2D eigenvalue weighted by Gasteiger charge is 2.58. The van der Waals surface area contributed by atoms with E-state index in [9.17, 15) is 9.59 Å². The number of hydrogen-bond donors (Lipinski definition) is 1. The van der Waals surface area contributed by atoms with Crippen LogP contribution in [0.15, 0.2) is 67.3 Å². The Hall–Kier alpha value is -3.48. The molecule has 1 atom stereocenters. The van der Waals surface area contributed by atoms with E-state index in [4.69, 9.17) is 0 Å². The molecular formula is C23H23N5O2. The number of nitrogens with one attached hydrogen (secondary N) is 1. The number of benzene rings is 1. The van der Waals surface area contributed by atoms with Crippen molar-refractivity contribution in [2.24, 2.45) is 11.3 Å². The van der Waals surface area contributed by atoms with Crippen LogP contribution in [0.25, 0.3) is 5.69 Å². The van der Waals surface area contributed by atoms with Gasteiger partial charge >= 0.3 is 0 Å². The quantitative estimate of drug-likeness (QED) is 0.728. The first-order chi connectivity index (χ1) is 14.6. The molecule has 1 aromatic carbocycles. The Balaban J connectivity index is 1.16. The second-order valence-corrected chi connectivity index (χ2v) is 8.14. The molecule has 2 aromatic heterocycles. The van der Waals surface area contributed by atoms with Crippen molar-refractivity contribution in [2.45, 2.75) is 19.3 Å². The van der Waals surface area contributed by atoms with Gasteiger partial charge < -0.3 is 10.2 Å². The highest BCUT2D eigenvalue weighted by atomic mass is 16.2. The van der Waals surface area contributed by atoms with Gasteiger partial charge in [-0.3, -0.25) is 14.6 Å². The normalized spacial score (nSPS) is 19.5. The molecule has 0 unspecified atom stereocenters. The average Bonchev–Trinajstić information content (AvgIpc) is 3.21. The fourth-order valence-electron chi connectivity index (χ4n) is 4.45. The maximum atomic E-state index is 12.8. The molecule has 3 aromatic rings. The lowest BCUT2D eigenvalue weighted by atomic mass is 9.90. The minimum atomic E-state index is 0.0249. The molecule has 2 amide bonds. The number of amides is 2. The Morgan fingerprint density at radius 2 is 1.83 bits per heavy atom. The predicted octanol–water partition coefficient (Wildman–Crippen LogP) is 3.15. The molecule has 1 spiro atoms. The summed E-state index contributed by atoms with van der Waals surface area (Å²) >= 11 is 0. The zero-order valence-electron chi connectivity index (χ0n) is 16.6. The molecule has 0 radical (unpaired) electrons. The molecule has 1 saturated carbocycles. The van der Waals surface area contributed by atoms with Gasteiger partial charge in [-0.25, -0.2) is 4.68 Å². The Bertz CT molecular complexity index is 1040. The minimum Gasteiger partial charge on any atom is -0.339 e. The van der Waals surface area contributed by atoms with E-state index in [0.29, 0.717) is 18.7 Å². The monoisotopic (exact) mass is 401 g/mol. The van der Waals surface area contributed by atoms with Crippen molar-refractivity contribution in [1.82, 2.24) is 19.7 Å². The number of pyridine rings is 1. The van der Waals surface area contributed by atoms with Crippen LogP contribution in [0.3, 0.4) is 0 Å². The van der Waals surface area contributed by atoms with Gasteiger partial charge in [0, 0.05) is 49.5 Å². The van der Waals surface area contributed by atoms with E-state index in [1.807, 2.05) is 41.4 Å². The molecule has 2 fully saturated rings. The van der Waals surface area contributed by atoms with Crippen molar-refractivity contribution in [1.29, 1.82) is 0 Å². The molecule has 3 heterocycles. The molecule has 7 heteroatoms. The average molecular weight is 401 g/mol. The largest absolute Gasteiger partial charge is 0.339 e. The van der Waals surface area contributed by atoms with E-state index in [2.05, 4.69) is 15.4 Å². The number of hydrogen-bond acceptors (Lipinski definition) is 4. The Kier molecular flexibility index (Phi) is 4.58. The van der Waals surface area contributed by atoms with E-state index in [1.165, 1.54) is 0 Å². The maximum absolute atomic E-state index is 12.8. The van der Waals surface area contributed by atoms with Crippen LogP contribution >= 0.6 is 0 Å². The molecule has 7 nitrogen and oxygen atoms in total. The summed E-state index contributed by atoms with van der Waals surface area (Å²) in [5.74, 6) is 0.129. The lowest BCUT2D eigenvalue weighted by molar-refractivity contribution is -0.118. The van der Waals surface area contributed by atoms with Gasteiger partial charge in [0.05, 0.1) is 11.3 Å². The number of rotatable bonds is 4. The lowest BCUT2D eigenvalue weighted by Crippen LogP contribution is -2.40. The van der Waals surface area contributed by atoms with Crippen LogP contribution in [0.4, 0.5) is 5.69 Å². The molecule has 152 valence electrons. The molecule has 0 bridgehead atoms. The van der Waals surface area contributed by atoms with Crippen molar-refractivity contribution in [2.75, 3.05) is 18.4 Å². The van der Waals surface area contributed by atoms with Crippen molar-refractivity contribution in [3.05, 3.63) is 72.8 Å². The summed E-state index contributed by atoms with van der Waals surface area (Å²) in [7, 11) is 0. The first kappa shape index (κ1) is 18.5. The molecular weight excluding hydrogens is 378 g/mol. The molecule has 2 aliphatic rings. The number of carbonyl (C=O) groups excluding carboxylic acids is 2. The van der Waals surface area contributed by atoms with E-state index < -0.39 is 0 Å². The van der Waals surface area contributed by atoms with Crippen LogP contribution in [-0.4, -0.2) is 44.6 Å². The molecule has 1 aliphatic carbocycles. The van der Waals surface area contributed by atoms with Crippen molar-refractivity contribution in [3.63, 3.8) is 0 Å². The van der Waals surface area contributed by atoms with Crippen LogP contribution in [0, 0.1) is 11.3 Å². The van der Waals surface area contributed by atoms with Crippen LogP contribution in [0.2, 0.25) is 0 Å². The van der Waals surface area contributed by atoms with Crippen molar-refractivity contribution < 1.29 is 9.59 Å². The van der Waals surface area contributed by atoms with Crippen LogP contribution in [0.5, 0.6) is 0 Å². The van der Waals surface area contributed by atoms with Crippen LogP contribution < -0.4 is 5.32 Å². The van der Waals surface area contributed by atoms with Gasteiger partial charge in [-0.2, -0.15) is 5.10 Å². The Morgan fingerprint density at radius 3 is 2.50 bits per heavy atom. The second-order valence-electron chi connectivity index (χ2n) is 8.14. The summed E-state index contributed by atoms with van der Waals surface area (Å²) in [5, 5.41) is 7.26. The van der Waals surface area contributed by atoms with Gasteiger partial charge in [0.1, 0.15) is 0 Å². The summed E-state index contributed by atoms with van der Waals surface area (Å²) < 4.78 is 1.78. The zero-order valence-corrected chi connectivity index (χ0v) is 16.6. The SMILES string of the molecule is O=C(Nc1ccc(-n2cccn2)cc1)[C@@H]1CC12CCN(C(=O)c1cccnc1)CC2. The van der Waals surface area contributed by atoms with Crippen LogP contribution in [-0.2, 0) is 4.79 Å². The highest BCUT2D eigenvalue weighted by molar-refractivity contribution is 5.96. The summed E-state index contributed by atoms with van der Waals surface area (Å²) in [5.41, 5.74) is 2.41. The van der Waals surface area contributed by atoms with Gasteiger partial charge in [0.25, 0.3) is 5.91 Å². The number of nitrogens with zero attached hydrogens (tertiary/aromatic N) is 4. The lowest BCUT2D eigenvalue weighted by Gasteiger charge is -2.32. The third-order valence-corrected chi connectivity index (χ3v) is 6.36. The fraction of sp³-hybridized carbons (Fsp3) is 0.304. The zero-order chi connectivity index (χ0) is 20.6. The first-order valence-electron chi connectivity index (χ1n) is 10.2. The van der Waals surface area contributed by atoms with E-state index >= 15 is 0 Å². The Labute approximate surface area is 174 Å². The van der Waals surface area contributed by atoms with E-state index in [0.717, 1.165) is 30.6 Å². The first-order valence-corrected chi connectivity index (χ1v) is 10.2. The van der Waals surface area contributed by atoms with Gasteiger partial charge in [0.2, 0.25) is 5.91 Å². The number of carbonyl (C=O) groups is 2. The highest BCUT2D eigenvalue weighted by Crippen LogP contribution is 2.59. The molecule has 30 heavy (non-hydrogen) atoms. The molecule has 1 saturated heterocycles. The van der Waals surface area contributed by atoms with Crippen LogP contribution in [0.1, 0.15) is 29.6 Å². The second kappa shape index (κ2) is 7.40. The van der Waals surface area contributed by atoms with Crippen molar-refractivity contribution in [3.8, 4) is 5.69 Å². The Morgan fingerprint density at radius 1 is 1.03 bits per heavy atom. The third kappa shape index (κ3) is 3.47. The standard InChI is InChI=1S/C23H23N5O2/c29-21(26-18-4-6-19(7-5-18)28-12-2-11-25-28)20-15-23(20)8-13-27(14-9-23)22(30)17-3-1-10-24-16-17/h1-7,10-12,16,20H,8-9,13-15H2,(H,26,29)/t20-/m0/s1. The predicted molar refractivity (Wildman–Crippen MR) is 112 cm³/mol. The topological polar surface area (TPSA) is 80.1 Å². The number of piperidine rings is 1. The maximum Gasteiger partial charge on any atom is 0.255 e. The minimum absolute atomic E-state index is 0.0249. The molecule has 5 rings (SSSR count). The van der Waals surface area contributed by atoms with E-state index in [-0.39, 0.29) is 23.1 Å². The number of anilines is 1. The summed E-state index contributed by atoms with van der Waals surface area (Å²) in [6.45, 7) is 1.38. The third-order valence-electron chi connectivity index (χ3n) is 6.36.